The summed E-state index contributed by atoms with van der Waals surface area (Å²) in [4.78, 5) is 11.3. The maximum Gasteiger partial charge on any atom is 0.407 e. The summed E-state index contributed by atoms with van der Waals surface area (Å²) in [5, 5.41) is 2.29. The van der Waals surface area contributed by atoms with E-state index < -0.39 is 21.4 Å². The summed E-state index contributed by atoms with van der Waals surface area (Å²) >= 11 is 0. The van der Waals surface area contributed by atoms with Crippen LogP contribution in [-0.4, -0.2) is 37.9 Å². The van der Waals surface area contributed by atoms with Gasteiger partial charge in [0.1, 0.15) is 6.10 Å². The van der Waals surface area contributed by atoms with Gasteiger partial charge in [-0.2, -0.15) is 0 Å². The van der Waals surface area contributed by atoms with Gasteiger partial charge in [0.2, 0.25) is 10.0 Å². The molecule has 22 heavy (non-hydrogen) atoms. The number of carbonyl (C=O) groups excluding carboxylic acids is 1. The van der Waals surface area contributed by atoms with Crippen LogP contribution < -0.4 is 10.0 Å². The maximum absolute atomic E-state index is 12.7. The number of amides is 1. The van der Waals surface area contributed by atoms with Crippen molar-refractivity contribution in [2.75, 3.05) is 0 Å². The van der Waals surface area contributed by atoms with E-state index >= 15 is 0 Å². The number of rotatable bonds is 3. The van der Waals surface area contributed by atoms with Crippen molar-refractivity contribution in [2.24, 2.45) is 11.8 Å². The van der Waals surface area contributed by atoms with Gasteiger partial charge in [-0.05, 0) is 37.5 Å². The minimum absolute atomic E-state index is 0.0208. The van der Waals surface area contributed by atoms with E-state index in [1.807, 2.05) is 0 Å². The fraction of sp³-hybridized carbons (Fsp3) is 0.933. The quantitative estimate of drug-likeness (QED) is 0.826. The van der Waals surface area contributed by atoms with Gasteiger partial charge in [0.15, 0.2) is 0 Å². The van der Waals surface area contributed by atoms with E-state index in [0.717, 1.165) is 12.8 Å². The van der Waals surface area contributed by atoms with Gasteiger partial charge in [0.25, 0.3) is 0 Å². The van der Waals surface area contributed by atoms with Gasteiger partial charge < -0.3 is 10.1 Å². The van der Waals surface area contributed by atoms with E-state index in [1.54, 1.807) is 0 Å². The Labute approximate surface area is 132 Å². The summed E-state index contributed by atoms with van der Waals surface area (Å²) in [6.45, 7) is 4.31. The Morgan fingerprint density at radius 2 is 1.91 bits per heavy atom. The molecule has 126 valence electrons. The first kappa shape index (κ1) is 16.1. The molecule has 1 saturated heterocycles. The minimum atomic E-state index is -3.36. The van der Waals surface area contributed by atoms with Gasteiger partial charge in [0, 0.05) is 12.5 Å². The Kier molecular flexibility index (Phi) is 4.38. The molecule has 6 atom stereocenters. The first-order valence-corrected chi connectivity index (χ1v) is 9.88. The lowest BCUT2D eigenvalue weighted by molar-refractivity contribution is 0.114. The molecule has 1 amide bonds. The van der Waals surface area contributed by atoms with Gasteiger partial charge in [-0.3, -0.25) is 0 Å². The van der Waals surface area contributed by atoms with E-state index in [-0.39, 0.29) is 18.2 Å². The molecule has 1 aliphatic heterocycles. The first-order valence-electron chi connectivity index (χ1n) is 8.33. The van der Waals surface area contributed by atoms with Crippen molar-refractivity contribution in [1.82, 2.24) is 10.0 Å². The number of sulfonamides is 1. The van der Waals surface area contributed by atoms with Gasteiger partial charge in [0.05, 0.1) is 11.3 Å². The molecular formula is C15H26N2O4S. The summed E-state index contributed by atoms with van der Waals surface area (Å²) in [6.07, 6.45) is 4.08. The van der Waals surface area contributed by atoms with Crippen molar-refractivity contribution >= 4 is 16.1 Å². The Bertz CT molecular complexity index is 536. The van der Waals surface area contributed by atoms with Crippen molar-refractivity contribution in [1.29, 1.82) is 0 Å². The number of hydrogen-bond donors (Lipinski definition) is 2. The zero-order valence-electron chi connectivity index (χ0n) is 13.2. The average molecular weight is 330 g/mol. The molecule has 3 fully saturated rings. The summed E-state index contributed by atoms with van der Waals surface area (Å²) in [7, 11) is -3.36. The number of fused-ring (bicyclic) bond motifs is 1. The normalized spacial score (nSPS) is 42.4. The number of alkyl carbamates (subject to hydrolysis) is 1. The molecule has 3 rings (SSSR count). The molecule has 1 heterocycles. The molecule has 0 spiro atoms. The molecule has 0 aromatic carbocycles. The third kappa shape index (κ3) is 3.25. The molecule has 7 heteroatoms. The SMILES string of the molecule is CC1CCC(C)C(NS(=O)(=O)C2CCC3NC(=O)OC3C2)C1. The lowest BCUT2D eigenvalue weighted by atomic mass is 9.81. The molecular weight excluding hydrogens is 304 g/mol. The highest BCUT2D eigenvalue weighted by Gasteiger charge is 2.44. The highest BCUT2D eigenvalue weighted by Crippen LogP contribution is 2.32. The fourth-order valence-corrected chi connectivity index (χ4v) is 5.83. The molecule has 2 saturated carbocycles. The zero-order valence-corrected chi connectivity index (χ0v) is 14.1. The number of carbonyl (C=O) groups is 1. The van der Waals surface area contributed by atoms with Crippen molar-refractivity contribution in [3.05, 3.63) is 0 Å². The predicted octanol–water partition coefficient (Wildman–Crippen LogP) is 1.76. The molecule has 2 aliphatic carbocycles. The number of hydrogen-bond acceptors (Lipinski definition) is 4. The van der Waals surface area contributed by atoms with Crippen LogP contribution in [0.4, 0.5) is 4.79 Å². The second-order valence-electron chi connectivity index (χ2n) is 7.29. The van der Waals surface area contributed by atoms with Crippen LogP contribution in [0, 0.1) is 11.8 Å². The van der Waals surface area contributed by atoms with E-state index in [2.05, 4.69) is 23.9 Å². The van der Waals surface area contributed by atoms with Crippen LogP contribution in [0.5, 0.6) is 0 Å². The Morgan fingerprint density at radius 1 is 1.14 bits per heavy atom. The van der Waals surface area contributed by atoms with Crippen molar-refractivity contribution in [3.8, 4) is 0 Å². The predicted molar refractivity (Wildman–Crippen MR) is 82.9 cm³/mol. The van der Waals surface area contributed by atoms with Gasteiger partial charge in [-0.25, -0.2) is 17.9 Å². The molecule has 6 nitrogen and oxygen atoms in total. The smallest absolute Gasteiger partial charge is 0.407 e. The second kappa shape index (κ2) is 6.00. The number of nitrogens with one attached hydrogen (secondary N) is 2. The van der Waals surface area contributed by atoms with Gasteiger partial charge >= 0.3 is 6.09 Å². The third-order valence-electron chi connectivity index (χ3n) is 5.52. The molecule has 0 aromatic heterocycles. The standard InChI is InChI=1S/C15H26N2O4S/c1-9-3-4-10(2)13(7-9)17-22(19,20)11-5-6-12-14(8-11)21-15(18)16-12/h9-14,17H,3-8H2,1-2H3,(H,16,18). The summed E-state index contributed by atoms with van der Waals surface area (Å²) in [6, 6.07) is 0.0169. The molecule has 3 aliphatic rings. The highest BCUT2D eigenvalue weighted by molar-refractivity contribution is 7.90. The summed E-state index contributed by atoms with van der Waals surface area (Å²) < 4.78 is 33.5. The zero-order chi connectivity index (χ0) is 15.9. The topological polar surface area (TPSA) is 84.5 Å². The van der Waals surface area contributed by atoms with Crippen LogP contribution >= 0.6 is 0 Å². The summed E-state index contributed by atoms with van der Waals surface area (Å²) in [5.74, 6) is 0.952. The lowest BCUT2D eigenvalue weighted by Gasteiger charge is -2.35. The van der Waals surface area contributed by atoms with Crippen LogP contribution in [0.1, 0.15) is 52.4 Å². The monoisotopic (exact) mass is 330 g/mol. The van der Waals surface area contributed by atoms with Crippen LogP contribution in [0.25, 0.3) is 0 Å². The highest BCUT2D eigenvalue weighted by atomic mass is 32.2. The lowest BCUT2D eigenvalue weighted by Crippen LogP contribution is -2.49. The Balaban J connectivity index is 1.64. The average Bonchev–Trinajstić information content (AvgIpc) is 2.81. The largest absolute Gasteiger partial charge is 0.444 e. The van der Waals surface area contributed by atoms with Crippen LogP contribution in [0.2, 0.25) is 0 Å². The first-order chi connectivity index (χ1) is 10.3. The molecule has 2 N–H and O–H groups in total. The third-order valence-corrected chi connectivity index (χ3v) is 7.45. The molecule has 0 radical (unpaired) electrons. The Morgan fingerprint density at radius 3 is 2.68 bits per heavy atom. The van der Waals surface area contributed by atoms with E-state index in [0.29, 0.717) is 31.1 Å². The summed E-state index contributed by atoms with van der Waals surface area (Å²) in [5.41, 5.74) is 0. The molecule has 6 unspecified atom stereocenters. The van der Waals surface area contributed by atoms with Crippen LogP contribution in [-0.2, 0) is 14.8 Å². The van der Waals surface area contributed by atoms with Crippen molar-refractivity contribution in [2.45, 2.75) is 75.8 Å². The van der Waals surface area contributed by atoms with Gasteiger partial charge in [-0.1, -0.05) is 20.3 Å². The molecule has 0 bridgehead atoms. The van der Waals surface area contributed by atoms with Gasteiger partial charge in [-0.15, -0.1) is 0 Å². The van der Waals surface area contributed by atoms with E-state index in [4.69, 9.17) is 4.74 Å². The van der Waals surface area contributed by atoms with Crippen molar-refractivity contribution in [3.63, 3.8) is 0 Å². The fourth-order valence-electron chi connectivity index (χ4n) is 4.00. The maximum atomic E-state index is 12.7. The number of ether oxygens (including phenoxy) is 1. The second-order valence-corrected chi connectivity index (χ2v) is 9.29. The van der Waals surface area contributed by atoms with E-state index in [1.165, 1.54) is 6.42 Å². The van der Waals surface area contributed by atoms with Crippen LogP contribution in [0.15, 0.2) is 0 Å². The van der Waals surface area contributed by atoms with Crippen molar-refractivity contribution < 1.29 is 17.9 Å². The minimum Gasteiger partial charge on any atom is -0.444 e. The molecule has 0 aromatic rings. The van der Waals surface area contributed by atoms with E-state index in [9.17, 15) is 13.2 Å². The Hall–Kier alpha value is -0.820. The van der Waals surface area contributed by atoms with Crippen LogP contribution in [0.3, 0.4) is 0 Å².